The van der Waals surface area contributed by atoms with Crippen molar-refractivity contribution in [3.05, 3.63) is 60.8 Å². The van der Waals surface area contributed by atoms with Crippen LogP contribution in [0.25, 0.3) is 0 Å². The topological polar surface area (TPSA) is 108 Å². The van der Waals surface area contributed by atoms with Gasteiger partial charge in [0.1, 0.15) is 13.2 Å². The van der Waals surface area contributed by atoms with Gasteiger partial charge in [-0.15, -0.1) is 0 Å². The Labute approximate surface area is 526 Å². The average Bonchev–Trinajstić information content (AvgIpc) is 3.48. The van der Waals surface area contributed by atoms with E-state index in [2.05, 4.69) is 74.6 Å². The molecular formula is C76H140NO8+. The van der Waals surface area contributed by atoms with Gasteiger partial charge in [-0.1, -0.05) is 312 Å². The van der Waals surface area contributed by atoms with Crippen molar-refractivity contribution in [2.75, 3.05) is 47.5 Å². The summed E-state index contributed by atoms with van der Waals surface area (Å²) in [5.41, 5.74) is 0. The molecule has 0 amide bonds. The third-order valence-corrected chi connectivity index (χ3v) is 16.2. The number of allylic oxidation sites excluding steroid dienone is 10. The number of ether oxygens (including phenoxy) is 4. The largest absolute Gasteiger partial charge is 0.477 e. The fraction of sp³-hybridized carbons (Fsp3) is 0.829. The molecule has 0 saturated heterocycles. The number of likely N-dealkylation sites (N-methyl/N-ethyl adjacent to an activating group) is 1. The SMILES string of the molecule is CCCCCCC/C=C\C/C=C\C/C=C\CCCCCCCCCCCCCCCCC(=O)OC(COC(=O)CCCCCCCCCCCCCCCCCCCCC/C=C\C/C=C\CCCCCCC)COC(OCC[N+](C)(C)C)C(=O)O. The van der Waals surface area contributed by atoms with E-state index in [4.69, 9.17) is 18.9 Å². The molecule has 2 atom stereocenters. The summed E-state index contributed by atoms with van der Waals surface area (Å²) in [4.78, 5) is 37.7. The molecule has 9 nitrogen and oxygen atoms in total. The second-order valence-corrected chi connectivity index (χ2v) is 25.9. The van der Waals surface area contributed by atoms with Crippen molar-refractivity contribution in [3.8, 4) is 0 Å². The van der Waals surface area contributed by atoms with E-state index in [9.17, 15) is 19.5 Å². The van der Waals surface area contributed by atoms with Crippen LogP contribution in [0.4, 0.5) is 0 Å². The summed E-state index contributed by atoms with van der Waals surface area (Å²) in [5, 5.41) is 9.75. The van der Waals surface area contributed by atoms with Crippen LogP contribution in [0, 0.1) is 0 Å². The minimum Gasteiger partial charge on any atom is -0.477 e. The van der Waals surface area contributed by atoms with Crippen molar-refractivity contribution < 1.29 is 42.9 Å². The number of esters is 2. The summed E-state index contributed by atoms with van der Waals surface area (Å²) >= 11 is 0. The number of rotatable bonds is 68. The highest BCUT2D eigenvalue weighted by Crippen LogP contribution is 2.18. The minimum absolute atomic E-state index is 0.180. The van der Waals surface area contributed by atoms with E-state index < -0.39 is 18.4 Å². The lowest BCUT2D eigenvalue weighted by Crippen LogP contribution is -2.40. The van der Waals surface area contributed by atoms with Crippen molar-refractivity contribution in [1.82, 2.24) is 0 Å². The number of carbonyl (C=O) groups excluding carboxylic acids is 2. The molecule has 0 spiro atoms. The molecule has 0 saturated carbocycles. The Morgan fingerprint density at radius 2 is 0.635 bits per heavy atom. The van der Waals surface area contributed by atoms with Crippen molar-refractivity contribution in [2.24, 2.45) is 0 Å². The zero-order chi connectivity index (χ0) is 61.9. The van der Waals surface area contributed by atoms with Gasteiger partial charge < -0.3 is 28.5 Å². The maximum Gasteiger partial charge on any atom is 0.361 e. The van der Waals surface area contributed by atoms with Gasteiger partial charge in [-0.25, -0.2) is 4.79 Å². The average molecular weight is 1200 g/mol. The van der Waals surface area contributed by atoms with Gasteiger partial charge in [0.15, 0.2) is 6.10 Å². The maximum absolute atomic E-state index is 13.0. The highest BCUT2D eigenvalue weighted by molar-refractivity contribution is 5.71. The summed E-state index contributed by atoms with van der Waals surface area (Å²) in [6.45, 7) is 4.91. The second-order valence-electron chi connectivity index (χ2n) is 25.9. The van der Waals surface area contributed by atoms with Crippen LogP contribution in [0.1, 0.15) is 348 Å². The van der Waals surface area contributed by atoms with E-state index in [1.54, 1.807) is 0 Å². The lowest BCUT2D eigenvalue weighted by Gasteiger charge is -2.25. The van der Waals surface area contributed by atoms with Crippen LogP contribution in [0.5, 0.6) is 0 Å². The highest BCUT2D eigenvalue weighted by atomic mass is 16.7. The number of carbonyl (C=O) groups is 3. The fourth-order valence-corrected chi connectivity index (χ4v) is 10.6. The molecule has 0 bridgehead atoms. The second kappa shape index (κ2) is 66.9. The lowest BCUT2D eigenvalue weighted by atomic mass is 10.0. The Bertz CT molecular complexity index is 1580. The van der Waals surface area contributed by atoms with Gasteiger partial charge >= 0.3 is 17.9 Å². The number of carboxylic acid groups (broad SMARTS) is 1. The van der Waals surface area contributed by atoms with Crippen LogP contribution >= 0.6 is 0 Å². The Hall–Kier alpha value is -3.01. The summed E-state index contributed by atoms with van der Waals surface area (Å²) in [7, 11) is 5.99. The fourth-order valence-electron chi connectivity index (χ4n) is 10.6. The third-order valence-electron chi connectivity index (χ3n) is 16.2. The standard InChI is InChI=1S/C76H139NO8/c1-6-8-10-12-14-16-18-20-22-24-26-28-30-32-34-36-37-39-40-42-44-46-48-50-52-54-56-58-60-62-64-66-73(78)83-70-72(71-84-76(75(80)81)82-69-68-77(3,4)5)85-74(79)67-65-63-61-59-57-55-53-51-49-47-45-43-41-38-35-33-31-29-27-25-23-21-19-17-15-13-11-9-7-2/h18-21,24-27,31,33,72,76H,6-17,22-23,28-30,32,34-71H2,1-5H3/p+1/b20-18-,21-19-,26-24-,27-25-,33-31-. The van der Waals surface area contributed by atoms with Gasteiger partial charge in [0.05, 0.1) is 34.4 Å². The van der Waals surface area contributed by atoms with Crippen molar-refractivity contribution >= 4 is 17.9 Å². The van der Waals surface area contributed by atoms with Crippen LogP contribution in [0.2, 0.25) is 0 Å². The van der Waals surface area contributed by atoms with Gasteiger partial charge in [-0.3, -0.25) is 9.59 Å². The molecule has 0 rings (SSSR count). The summed E-state index contributed by atoms with van der Waals surface area (Å²) in [5.74, 6) is -1.98. The molecule has 0 aliphatic heterocycles. The summed E-state index contributed by atoms with van der Waals surface area (Å²) < 4.78 is 23.0. The van der Waals surface area contributed by atoms with Crippen LogP contribution in [0.3, 0.4) is 0 Å². The normalized spacial score (nSPS) is 13.0. The predicted octanol–water partition coefficient (Wildman–Crippen LogP) is 22.7. The van der Waals surface area contributed by atoms with Crippen LogP contribution in [-0.2, 0) is 33.3 Å². The van der Waals surface area contributed by atoms with Crippen LogP contribution in [-0.4, -0.2) is 87.4 Å². The summed E-state index contributed by atoms with van der Waals surface area (Å²) in [6, 6.07) is 0. The number of unbranched alkanes of at least 4 members (excludes halogenated alkanes) is 43. The van der Waals surface area contributed by atoms with E-state index in [1.165, 1.54) is 263 Å². The Morgan fingerprint density at radius 1 is 0.353 bits per heavy atom. The first-order valence-electron chi connectivity index (χ1n) is 36.5. The van der Waals surface area contributed by atoms with E-state index in [0.717, 1.165) is 57.8 Å². The van der Waals surface area contributed by atoms with E-state index in [1.807, 2.05) is 21.1 Å². The number of aliphatic carboxylic acids is 1. The molecular weight excluding hydrogens is 1050 g/mol. The Kier molecular flexibility index (Phi) is 64.6. The van der Waals surface area contributed by atoms with Gasteiger partial charge in [-0.05, 0) is 83.5 Å². The number of hydrogen-bond donors (Lipinski definition) is 1. The molecule has 0 heterocycles. The molecule has 9 heteroatoms. The van der Waals surface area contributed by atoms with Gasteiger partial charge in [-0.2, -0.15) is 0 Å². The molecule has 0 aliphatic carbocycles. The Morgan fingerprint density at radius 3 is 0.941 bits per heavy atom. The zero-order valence-corrected chi connectivity index (χ0v) is 56.8. The predicted molar refractivity (Wildman–Crippen MR) is 364 cm³/mol. The smallest absolute Gasteiger partial charge is 0.361 e. The first kappa shape index (κ1) is 82.0. The number of carboxylic acids is 1. The molecule has 0 aliphatic rings. The molecule has 0 radical (unpaired) electrons. The van der Waals surface area contributed by atoms with E-state index >= 15 is 0 Å². The molecule has 0 aromatic heterocycles. The zero-order valence-electron chi connectivity index (χ0n) is 56.8. The molecule has 496 valence electrons. The first-order valence-corrected chi connectivity index (χ1v) is 36.5. The number of nitrogens with zero attached hydrogens (tertiary/aromatic N) is 1. The van der Waals surface area contributed by atoms with Gasteiger partial charge in [0.25, 0.3) is 6.29 Å². The molecule has 0 fully saturated rings. The number of hydrogen-bond acceptors (Lipinski definition) is 7. The molecule has 85 heavy (non-hydrogen) atoms. The molecule has 2 unspecified atom stereocenters. The lowest BCUT2D eigenvalue weighted by molar-refractivity contribution is -0.870. The first-order chi connectivity index (χ1) is 41.6. The van der Waals surface area contributed by atoms with Crippen molar-refractivity contribution in [3.63, 3.8) is 0 Å². The van der Waals surface area contributed by atoms with Crippen molar-refractivity contribution in [1.29, 1.82) is 0 Å². The molecule has 0 aromatic carbocycles. The van der Waals surface area contributed by atoms with Gasteiger partial charge in [0, 0.05) is 12.8 Å². The van der Waals surface area contributed by atoms with E-state index in [-0.39, 0.29) is 38.2 Å². The van der Waals surface area contributed by atoms with E-state index in [0.29, 0.717) is 17.4 Å². The number of quaternary nitrogens is 1. The third kappa shape index (κ3) is 68.3. The van der Waals surface area contributed by atoms with Crippen LogP contribution < -0.4 is 0 Å². The summed E-state index contributed by atoms with van der Waals surface area (Å²) in [6.07, 6.45) is 84.8. The minimum atomic E-state index is -1.51. The Balaban J connectivity index is 4.07. The molecule has 1 N–H and O–H groups in total. The quantitative estimate of drug-likeness (QED) is 0.0211. The monoisotopic (exact) mass is 1200 g/mol. The maximum atomic E-state index is 13.0. The molecule has 0 aromatic rings. The van der Waals surface area contributed by atoms with Gasteiger partial charge in [0.2, 0.25) is 0 Å². The van der Waals surface area contributed by atoms with Crippen molar-refractivity contribution in [2.45, 2.75) is 360 Å². The van der Waals surface area contributed by atoms with Crippen LogP contribution in [0.15, 0.2) is 60.8 Å². The highest BCUT2D eigenvalue weighted by Gasteiger charge is 2.25.